The predicted octanol–water partition coefficient (Wildman–Crippen LogP) is 3.35. The minimum atomic E-state index is -0.957. The van der Waals surface area contributed by atoms with E-state index in [9.17, 15) is 4.39 Å². The van der Waals surface area contributed by atoms with E-state index in [2.05, 4.69) is 0 Å². The van der Waals surface area contributed by atoms with Crippen molar-refractivity contribution in [3.63, 3.8) is 0 Å². The highest BCUT2D eigenvalue weighted by Crippen LogP contribution is 2.18. The molecule has 5 heteroatoms. The fraction of sp³-hybridized carbons (Fsp3) is 0.368. The molecule has 0 fully saturated rings. The third kappa shape index (κ3) is 6.17. The van der Waals surface area contributed by atoms with Crippen molar-refractivity contribution in [1.82, 2.24) is 0 Å². The van der Waals surface area contributed by atoms with Crippen molar-refractivity contribution in [3.05, 3.63) is 54.3 Å². The van der Waals surface area contributed by atoms with Gasteiger partial charge in [-0.05, 0) is 56.1 Å². The van der Waals surface area contributed by atoms with Gasteiger partial charge in [-0.1, -0.05) is 36.4 Å². The van der Waals surface area contributed by atoms with E-state index in [1.54, 1.807) is 12.1 Å². The number of hydrogen-bond acceptors (Lipinski definition) is 3. The van der Waals surface area contributed by atoms with Crippen molar-refractivity contribution < 1.29 is 18.3 Å². The summed E-state index contributed by atoms with van der Waals surface area (Å²) in [6.45, 7) is 7.21. The highest BCUT2D eigenvalue weighted by atomic mass is 28.2. The van der Waals surface area contributed by atoms with Crippen LogP contribution in [-0.2, 0) is 13.9 Å². The number of ether oxygens (including phenoxy) is 2. The van der Waals surface area contributed by atoms with Gasteiger partial charge in [0.15, 0.2) is 9.76 Å². The van der Waals surface area contributed by atoms with Crippen molar-refractivity contribution in [2.24, 2.45) is 0 Å². The highest BCUT2D eigenvalue weighted by Gasteiger charge is 2.14. The van der Waals surface area contributed by atoms with Crippen LogP contribution in [0.5, 0.6) is 0 Å². The van der Waals surface area contributed by atoms with E-state index >= 15 is 0 Å². The molecule has 0 saturated carbocycles. The van der Waals surface area contributed by atoms with Crippen LogP contribution in [-0.4, -0.2) is 28.4 Å². The van der Waals surface area contributed by atoms with Crippen molar-refractivity contribution in [3.8, 4) is 11.1 Å². The van der Waals surface area contributed by atoms with Gasteiger partial charge in [-0.15, -0.1) is 0 Å². The number of hydrogen-bond donors (Lipinski definition) is 0. The van der Waals surface area contributed by atoms with Crippen molar-refractivity contribution >= 4 is 14.9 Å². The molecule has 0 amide bonds. The van der Waals surface area contributed by atoms with Crippen LogP contribution in [0.3, 0.4) is 0 Å². The molecule has 0 unspecified atom stereocenters. The Morgan fingerprint density at radius 1 is 0.750 bits per heavy atom. The summed E-state index contributed by atoms with van der Waals surface area (Å²) < 4.78 is 30.1. The Morgan fingerprint density at radius 2 is 1.21 bits per heavy atom. The molecule has 0 saturated heterocycles. The molecule has 0 aliphatic heterocycles. The standard InChI is InChI=1S/C19H25FO3Si/c1-13(2)21-19(22-14(3)4)23-24-18-11-7-16(8-12-18)15-5-9-17(20)10-6-15/h5-14,19H,24H2,1-4H3. The Bertz CT molecular complexity index is 602. The zero-order valence-corrected chi connectivity index (χ0v) is 16.1. The molecule has 0 N–H and O–H groups in total. The number of benzene rings is 2. The highest BCUT2D eigenvalue weighted by molar-refractivity contribution is 6.46. The van der Waals surface area contributed by atoms with Crippen LogP contribution in [0.15, 0.2) is 48.5 Å². The quantitative estimate of drug-likeness (QED) is 0.541. The van der Waals surface area contributed by atoms with Crippen molar-refractivity contribution in [1.29, 1.82) is 0 Å². The van der Waals surface area contributed by atoms with E-state index < -0.39 is 16.2 Å². The van der Waals surface area contributed by atoms with Gasteiger partial charge in [-0.25, -0.2) is 4.39 Å². The lowest BCUT2D eigenvalue weighted by atomic mass is 10.1. The average molecular weight is 348 g/mol. The van der Waals surface area contributed by atoms with E-state index in [1.165, 1.54) is 12.1 Å². The fourth-order valence-corrected chi connectivity index (χ4v) is 3.07. The van der Waals surface area contributed by atoms with Gasteiger partial charge in [0.25, 0.3) is 6.48 Å². The Kier molecular flexibility index (Phi) is 7.11. The molecule has 0 atom stereocenters. The lowest BCUT2D eigenvalue weighted by Crippen LogP contribution is -2.32. The summed E-state index contributed by atoms with van der Waals surface area (Å²) in [4.78, 5) is 0. The van der Waals surface area contributed by atoms with E-state index in [0.29, 0.717) is 0 Å². The first kappa shape index (κ1) is 18.8. The second-order valence-corrected chi connectivity index (χ2v) is 7.61. The van der Waals surface area contributed by atoms with Crippen molar-refractivity contribution in [2.45, 2.75) is 46.4 Å². The van der Waals surface area contributed by atoms with Crippen LogP contribution in [0.4, 0.5) is 4.39 Å². The van der Waals surface area contributed by atoms with Crippen molar-refractivity contribution in [2.75, 3.05) is 0 Å². The largest absolute Gasteiger partial charge is 0.373 e. The van der Waals surface area contributed by atoms with E-state index in [4.69, 9.17) is 13.9 Å². The molecule has 3 nitrogen and oxygen atoms in total. The molecule has 0 aromatic heterocycles. The van der Waals surface area contributed by atoms with E-state index in [0.717, 1.165) is 16.3 Å². The Labute approximate surface area is 145 Å². The molecule has 0 bridgehead atoms. The molecule has 2 aromatic rings. The first-order valence-corrected chi connectivity index (χ1v) is 9.50. The van der Waals surface area contributed by atoms with Gasteiger partial charge in [0.2, 0.25) is 0 Å². The maximum Gasteiger partial charge on any atom is 0.262 e. The summed E-state index contributed by atoms with van der Waals surface area (Å²) in [7, 11) is -0.957. The lowest BCUT2D eigenvalue weighted by Gasteiger charge is -2.23. The second-order valence-electron chi connectivity index (χ2n) is 6.17. The molecule has 0 heterocycles. The van der Waals surface area contributed by atoms with Crippen LogP contribution < -0.4 is 5.19 Å². The first-order chi connectivity index (χ1) is 11.4. The van der Waals surface area contributed by atoms with Gasteiger partial charge >= 0.3 is 0 Å². The summed E-state index contributed by atoms with van der Waals surface area (Å²) in [5.41, 5.74) is 2.05. The summed E-state index contributed by atoms with van der Waals surface area (Å²) >= 11 is 0. The second kappa shape index (κ2) is 9.08. The number of halogens is 1. The van der Waals surface area contributed by atoms with Gasteiger partial charge in [0.05, 0.1) is 12.2 Å². The van der Waals surface area contributed by atoms with E-state index in [-0.39, 0.29) is 18.0 Å². The smallest absolute Gasteiger partial charge is 0.262 e. The zero-order valence-electron chi connectivity index (χ0n) is 14.7. The normalized spacial score (nSPS) is 12.2. The summed E-state index contributed by atoms with van der Waals surface area (Å²) in [6.07, 6.45) is 0.0900. The first-order valence-electron chi connectivity index (χ1n) is 8.21. The average Bonchev–Trinajstić information content (AvgIpc) is 2.53. The molecule has 0 radical (unpaired) electrons. The molecule has 0 aliphatic rings. The molecule has 0 aliphatic carbocycles. The molecular weight excluding hydrogens is 323 g/mol. The van der Waals surface area contributed by atoms with Crippen LogP contribution in [0.1, 0.15) is 27.7 Å². The molecular formula is C19H25FO3Si. The maximum atomic E-state index is 13.0. The van der Waals surface area contributed by atoms with Gasteiger partial charge in [0, 0.05) is 0 Å². The van der Waals surface area contributed by atoms with Gasteiger partial charge < -0.3 is 13.9 Å². The van der Waals surface area contributed by atoms with Crippen LogP contribution in [0.2, 0.25) is 0 Å². The molecule has 130 valence electrons. The van der Waals surface area contributed by atoms with Crippen LogP contribution in [0.25, 0.3) is 11.1 Å². The summed E-state index contributed by atoms with van der Waals surface area (Å²) in [5, 5.41) is 1.16. The molecule has 2 aromatic carbocycles. The molecule has 24 heavy (non-hydrogen) atoms. The maximum absolute atomic E-state index is 13.0. The molecule has 2 rings (SSSR count). The monoisotopic (exact) mass is 348 g/mol. The zero-order chi connectivity index (χ0) is 17.5. The van der Waals surface area contributed by atoms with Crippen LogP contribution >= 0.6 is 0 Å². The van der Waals surface area contributed by atoms with E-state index in [1.807, 2.05) is 52.0 Å². The van der Waals surface area contributed by atoms with Crippen LogP contribution in [0, 0.1) is 5.82 Å². The third-order valence-electron chi connectivity index (χ3n) is 3.28. The Morgan fingerprint density at radius 3 is 1.67 bits per heavy atom. The fourth-order valence-electron chi connectivity index (χ4n) is 2.16. The topological polar surface area (TPSA) is 27.7 Å². The third-order valence-corrected chi connectivity index (χ3v) is 4.53. The predicted molar refractivity (Wildman–Crippen MR) is 97.3 cm³/mol. The Hall–Kier alpha value is -1.53. The lowest BCUT2D eigenvalue weighted by molar-refractivity contribution is -0.274. The van der Waals surface area contributed by atoms with Gasteiger partial charge in [-0.2, -0.15) is 0 Å². The van der Waals surface area contributed by atoms with Gasteiger partial charge in [-0.3, -0.25) is 0 Å². The SMILES string of the molecule is CC(C)OC(O[SiH2]c1ccc(-c2ccc(F)cc2)cc1)OC(C)C. The minimum Gasteiger partial charge on any atom is -0.373 e. The Balaban J connectivity index is 1.96. The number of rotatable bonds is 8. The minimum absolute atomic E-state index is 0.0450. The summed E-state index contributed by atoms with van der Waals surface area (Å²) in [6, 6.07) is 14.7. The van der Waals surface area contributed by atoms with Gasteiger partial charge in [0.1, 0.15) is 5.82 Å². The summed E-state index contributed by atoms with van der Waals surface area (Å²) in [5.74, 6) is -0.225. The molecule has 0 spiro atoms.